The highest BCUT2D eigenvalue weighted by atomic mass is 32.2. The number of nitrogens with zero attached hydrogens (tertiary/aromatic N) is 4. The molecule has 140 valence electrons. The van der Waals surface area contributed by atoms with E-state index in [1.54, 1.807) is 41.8 Å². The van der Waals surface area contributed by atoms with E-state index in [1.165, 1.54) is 4.31 Å². The molecule has 0 bridgehead atoms. The van der Waals surface area contributed by atoms with Crippen molar-refractivity contribution in [2.45, 2.75) is 25.5 Å². The van der Waals surface area contributed by atoms with Crippen LogP contribution in [0, 0.1) is 0 Å². The molecule has 0 radical (unpaired) electrons. The molecule has 0 unspecified atom stereocenters. The normalized spacial score (nSPS) is 16.7. The minimum atomic E-state index is -3.28. The summed E-state index contributed by atoms with van der Waals surface area (Å²) in [5.41, 5.74) is 1.48. The van der Waals surface area contributed by atoms with Gasteiger partial charge in [0.05, 0.1) is 10.9 Å². The van der Waals surface area contributed by atoms with Gasteiger partial charge >= 0.3 is 0 Å². The van der Waals surface area contributed by atoms with Gasteiger partial charge in [0.15, 0.2) is 0 Å². The van der Waals surface area contributed by atoms with Crippen molar-refractivity contribution in [1.29, 1.82) is 0 Å². The van der Waals surface area contributed by atoms with Crippen molar-refractivity contribution in [2.24, 2.45) is 0 Å². The molecule has 1 aromatic heterocycles. The Hall–Kier alpha value is -2.19. The molecule has 1 aliphatic heterocycles. The number of carbonyl (C=O) groups is 1. The van der Waals surface area contributed by atoms with Crippen LogP contribution in [0.15, 0.2) is 42.7 Å². The summed E-state index contributed by atoms with van der Waals surface area (Å²) in [6.45, 7) is 5.14. The van der Waals surface area contributed by atoms with Crippen LogP contribution in [-0.2, 0) is 10.0 Å². The van der Waals surface area contributed by atoms with Gasteiger partial charge in [-0.1, -0.05) is 0 Å². The average Bonchev–Trinajstić information content (AvgIpc) is 3.05. The van der Waals surface area contributed by atoms with Crippen LogP contribution in [0.25, 0.3) is 5.69 Å². The Labute approximate surface area is 154 Å². The maximum Gasteiger partial charge on any atom is 0.253 e. The molecule has 0 spiro atoms. The van der Waals surface area contributed by atoms with E-state index >= 15 is 0 Å². The van der Waals surface area contributed by atoms with Gasteiger partial charge in [-0.2, -0.15) is 9.40 Å². The van der Waals surface area contributed by atoms with E-state index in [2.05, 4.69) is 5.10 Å². The largest absolute Gasteiger partial charge is 0.337 e. The lowest BCUT2D eigenvalue weighted by atomic mass is 10.1. The Bertz CT molecular complexity index is 845. The van der Waals surface area contributed by atoms with Gasteiger partial charge in [-0.05, 0) is 50.6 Å². The topological polar surface area (TPSA) is 75.5 Å². The van der Waals surface area contributed by atoms with Crippen LogP contribution in [0.1, 0.15) is 30.6 Å². The Balaban J connectivity index is 1.69. The fourth-order valence-electron chi connectivity index (χ4n) is 3.01. The molecule has 2 aromatic rings. The predicted octanol–water partition coefficient (Wildman–Crippen LogP) is 1.76. The maximum absolute atomic E-state index is 12.8. The molecule has 1 saturated heterocycles. The fourth-order valence-corrected chi connectivity index (χ4v) is 4.33. The van der Waals surface area contributed by atoms with Crippen LogP contribution < -0.4 is 0 Å². The minimum Gasteiger partial charge on any atom is -0.337 e. The first-order valence-corrected chi connectivity index (χ1v) is 10.3. The predicted molar refractivity (Wildman–Crippen MR) is 99.7 cm³/mol. The molecule has 7 nitrogen and oxygen atoms in total. The second-order valence-electron chi connectivity index (χ2n) is 6.64. The molecule has 0 saturated carbocycles. The molecule has 8 heteroatoms. The van der Waals surface area contributed by atoms with Crippen molar-refractivity contribution in [2.75, 3.05) is 26.2 Å². The zero-order chi connectivity index (χ0) is 18.7. The summed E-state index contributed by atoms with van der Waals surface area (Å²) in [7, 11) is -3.28. The third-order valence-electron chi connectivity index (χ3n) is 4.58. The molecular formula is C18H24N4O3S. The van der Waals surface area contributed by atoms with Crippen molar-refractivity contribution in [3.8, 4) is 5.69 Å². The Morgan fingerprint density at radius 3 is 2.42 bits per heavy atom. The number of amides is 1. The molecule has 1 aliphatic rings. The number of hydrogen-bond donors (Lipinski definition) is 0. The SMILES string of the molecule is CC(C)S(=O)(=O)N1CCCN(C(=O)c2ccc(-n3cccn3)cc2)CC1. The van der Waals surface area contributed by atoms with Crippen molar-refractivity contribution in [3.05, 3.63) is 48.3 Å². The monoisotopic (exact) mass is 376 g/mol. The smallest absolute Gasteiger partial charge is 0.253 e. The third-order valence-corrected chi connectivity index (χ3v) is 6.86. The van der Waals surface area contributed by atoms with Gasteiger partial charge in [-0.25, -0.2) is 13.1 Å². The second kappa shape index (κ2) is 7.59. The quantitative estimate of drug-likeness (QED) is 0.815. The van der Waals surface area contributed by atoms with Gasteiger partial charge in [-0.3, -0.25) is 4.79 Å². The lowest BCUT2D eigenvalue weighted by molar-refractivity contribution is 0.0764. The summed E-state index contributed by atoms with van der Waals surface area (Å²) in [6.07, 6.45) is 4.19. The summed E-state index contributed by atoms with van der Waals surface area (Å²) in [5.74, 6) is -0.0687. The average molecular weight is 376 g/mol. The van der Waals surface area contributed by atoms with Crippen LogP contribution in [0.5, 0.6) is 0 Å². The van der Waals surface area contributed by atoms with E-state index in [9.17, 15) is 13.2 Å². The van der Waals surface area contributed by atoms with Crippen molar-refractivity contribution in [1.82, 2.24) is 19.0 Å². The second-order valence-corrected chi connectivity index (χ2v) is 9.13. The van der Waals surface area contributed by atoms with E-state index in [0.29, 0.717) is 38.2 Å². The van der Waals surface area contributed by atoms with Crippen molar-refractivity contribution < 1.29 is 13.2 Å². The molecule has 2 heterocycles. The molecule has 0 atom stereocenters. The number of carbonyl (C=O) groups excluding carboxylic acids is 1. The van der Waals surface area contributed by atoms with Gasteiger partial charge in [-0.15, -0.1) is 0 Å². The van der Waals surface area contributed by atoms with Gasteiger partial charge in [0, 0.05) is 44.1 Å². The van der Waals surface area contributed by atoms with E-state index in [4.69, 9.17) is 0 Å². The number of sulfonamides is 1. The molecule has 1 amide bonds. The number of hydrogen-bond acceptors (Lipinski definition) is 4. The Morgan fingerprint density at radius 2 is 1.81 bits per heavy atom. The van der Waals surface area contributed by atoms with Gasteiger partial charge < -0.3 is 4.90 Å². The summed E-state index contributed by atoms with van der Waals surface area (Å²) in [4.78, 5) is 14.5. The van der Waals surface area contributed by atoms with Crippen LogP contribution in [-0.4, -0.2) is 64.7 Å². The van der Waals surface area contributed by atoms with E-state index in [-0.39, 0.29) is 5.91 Å². The van der Waals surface area contributed by atoms with Gasteiger partial charge in [0.1, 0.15) is 0 Å². The molecular weight excluding hydrogens is 352 g/mol. The molecule has 1 aromatic carbocycles. The summed E-state index contributed by atoms with van der Waals surface area (Å²) in [5, 5.41) is 3.72. The van der Waals surface area contributed by atoms with Gasteiger partial charge in [0.25, 0.3) is 5.91 Å². The van der Waals surface area contributed by atoms with Crippen LogP contribution >= 0.6 is 0 Å². The Morgan fingerprint density at radius 1 is 1.08 bits per heavy atom. The van der Waals surface area contributed by atoms with Crippen LogP contribution in [0.2, 0.25) is 0 Å². The summed E-state index contributed by atoms with van der Waals surface area (Å²) < 4.78 is 27.9. The zero-order valence-corrected chi connectivity index (χ0v) is 15.9. The zero-order valence-electron chi connectivity index (χ0n) is 15.1. The molecule has 0 aliphatic carbocycles. The number of rotatable bonds is 4. The molecule has 1 fully saturated rings. The summed E-state index contributed by atoms with van der Waals surface area (Å²) >= 11 is 0. The van der Waals surface area contributed by atoms with Crippen LogP contribution in [0.3, 0.4) is 0 Å². The van der Waals surface area contributed by atoms with E-state index in [1.807, 2.05) is 24.4 Å². The highest BCUT2D eigenvalue weighted by Gasteiger charge is 2.29. The first-order chi connectivity index (χ1) is 12.4. The number of benzene rings is 1. The molecule has 3 rings (SSSR count). The Kier molecular flexibility index (Phi) is 5.43. The lowest BCUT2D eigenvalue weighted by Gasteiger charge is -2.23. The third kappa shape index (κ3) is 3.81. The van der Waals surface area contributed by atoms with Gasteiger partial charge in [0.2, 0.25) is 10.0 Å². The highest BCUT2D eigenvalue weighted by Crippen LogP contribution is 2.16. The minimum absolute atomic E-state index is 0.0687. The summed E-state index contributed by atoms with van der Waals surface area (Å²) in [6, 6.07) is 9.12. The maximum atomic E-state index is 12.8. The van der Waals surface area contributed by atoms with Crippen molar-refractivity contribution >= 4 is 15.9 Å². The van der Waals surface area contributed by atoms with Crippen molar-refractivity contribution in [3.63, 3.8) is 0 Å². The molecule has 0 N–H and O–H groups in total. The standard InChI is InChI=1S/C18H24N4O3S/c1-15(2)26(24,25)21-11-4-10-20(13-14-21)18(23)16-5-7-17(8-6-16)22-12-3-9-19-22/h3,5-9,12,15H,4,10-11,13-14H2,1-2H3. The lowest BCUT2D eigenvalue weighted by Crippen LogP contribution is -2.40. The molecule has 26 heavy (non-hydrogen) atoms. The van der Waals surface area contributed by atoms with Crippen LogP contribution in [0.4, 0.5) is 0 Å². The number of aromatic nitrogens is 2. The van der Waals surface area contributed by atoms with E-state index < -0.39 is 15.3 Å². The van der Waals surface area contributed by atoms with E-state index in [0.717, 1.165) is 5.69 Å². The first-order valence-electron chi connectivity index (χ1n) is 8.78. The first kappa shape index (κ1) is 18.6. The highest BCUT2D eigenvalue weighted by molar-refractivity contribution is 7.89. The fraction of sp³-hybridized carbons (Fsp3) is 0.444.